The van der Waals surface area contributed by atoms with Gasteiger partial charge in [-0.2, -0.15) is 14.8 Å². The largest absolute Gasteiger partial charge is 0.462 e. The third-order valence-electron chi connectivity index (χ3n) is 2.27. The van der Waals surface area contributed by atoms with Gasteiger partial charge >= 0.3 is 18.0 Å². The lowest BCUT2D eigenvalue weighted by Gasteiger charge is -1.96. The predicted octanol–water partition coefficient (Wildman–Crippen LogP) is 1.21. The molecule has 0 radical (unpaired) electrons. The Morgan fingerprint density at radius 1 is 1.25 bits per heavy atom. The van der Waals surface area contributed by atoms with Crippen molar-refractivity contribution in [1.82, 2.24) is 14.8 Å². The standard InChI is InChI=1S/C12H13N3O5/c1-3-18-10(16)8-5-13-15(6-8)12-14-9(7-20-12)11(17)19-4-2/h5-7H,3-4H2,1-2H3. The van der Waals surface area contributed by atoms with Crippen LogP contribution in [0, 0.1) is 0 Å². The second-order valence-electron chi connectivity index (χ2n) is 3.63. The van der Waals surface area contributed by atoms with Crippen LogP contribution >= 0.6 is 0 Å². The maximum atomic E-state index is 11.5. The smallest absolute Gasteiger partial charge is 0.360 e. The molecule has 8 heteroatoms. The molecule has 2 heterocycles. The van der Waals surface area contributed by atoms with Gasteiger partial charge in [0, 0.05) is 0 Å². The Morgan fingerprint density at radius 2 is 1.95 bits per heavy atom. The van der Waals surface area contributed by atoms with Crippen molar-refractivity contribution < 1.29 is 23.5 Å². The van der Waals surface area contributed by atoms with Crippen molar-refractivity contribution in [2.75, 3.05) is 13.2 Å². The molecule has 0 N–H and O–H groups in total. The Hall–Kier alpha value is -2.64. The van der Waals surface area contributed by atoms with Crippen molar-refractivity contribution in [2.45, 2.75) is 13.8 Å². The van der Waals surface area contributed by atoms with E-state index in [0.29, 0.717) is 0 Å². The SMILES string of the molecule is CCOC(=O)c1cnn(-c2nc(C(=O)OCC)co2)c1. The Balaban J connectivity index is 2.16. The van der Waals surface area contributed by atoms with Crippen molar-refractivity contribution >= 4 is 11.9 Å². The van der Waals surface area contributed by atoms with E-state index in [1.165, 1.54) is 23.3 Å². The minimum atomic E-state index is -0.583. The number of nitrogens with zero attached hydrogens (tertiary/aromatic N) is 3. The van der Waals surface area contributed by atoms with Crippen LogP contribution in [0.5, 0.6) is 0 Å². The average molecular weight is 279 g/mol. The van der Waals surface area contributed by atoms with Crippen LogP contribution in [-0.2, 0) is 9.47 Å². The normalized spacial score (nSPS) is 10.3. The van der Waals surface area contributed by atoms with E-state index in [0.717, 1.165) is 0 Å². The van der Waals surface area contributed by atoms with Gasteiger partial charge in [0.25, 0.3) is 0 Å². The summed E-state index contributed by atoms with van der Waals surface area (Å²) in [5.74, 6) is -1.07. The van der Waals surface area contributed by atoms with Gasteiger partial charge in [-0.25, -0.2) is 9.59 Å². The van der Waals surface area contributed by atoms with Crippen molar-refractivity contribution in [3.05, 3.63) is 29.9 Å². The number of esters is 2. The summed E-state index contributed by atoms with van der Waals surface area (Å²) in [6.07, 6.45) is 3.89. The van der Waals surface area contributed by atoms with E-state index in [2.05, 4.69) is 10.1 Å². The van der Waals surface area contributed by atoms with Crippen LogP contribution in [0.3, 0.4) is 0 Å². The number of ether oxygens (including phenoxy) is 2. The fourth-order valence-corrected chi connectivity index (χ4v) is 1.42. The summed E-state index contributed by atoms with van der Waals surface area (Å²) in [6.45, 7) is 3.92. The molecule has 2 rings (SSSR count). The van der Waals surface area contributed by atoms with Crippen LogP contribution in [0.4, 0.5) is 0 Å². The quantitative estimate of drug-likeness (QED) is 0.759. The minimum absolute atomic E-state index is 0.0371. The molecule has 0 amide bonds. The fraction of sp³-hybridized carbons (Fsp3) is 0.333. The molecule has 0 bridgehead atoms. The Labute approximate surface area is 114 Å². The predicted molar refractivity (Wildman–Crippen MR) is 65.5 cm³/mol. The summed E-state index contributed by atoms with van der Waals surface area (Å²) in [7, 11) is 0. The first-order valence-electron chi connectivity index (χ1n) is 6.00. The lowest BCUT2D eigenvalue weighted by molar-refractivity contribution is 0.0512. The number of carbonyl (C=O) groups excluding carboxylic acids is 2. The first kappa shape index (κ1) is 13.8. The molecule has 106 valence electrons. The Morgan fingerprint density at radius 3 is 2.65 bits per heavy atom. The van der Waals surface area contributed by atoms with Crippen LogP contribution in [0.2, 0.25) is 0 Å². The minimum Gasteiger partial charge on any atom is -0.462 e. The number of carbonyl (C=O) groups is 2. The van der Waals surface area contributed by atoms with Crippen molar-refractivity contribution in [1.29, 1.82) is 0 Å². The molecule has 0 unspecified atom stereocenters. The zero-order valence-corrected chi connectivity index (χ0v) is 11.0. The number of aromatic nitrogens is 3. The molecule has 0 aliphatic carbocycles. The summed E-state index contributed by atoms with van der Waals surface area (Å²) in [5, 5.41) is 3.92. The molecule has 0 aromatic carbocycles. The first-order chi connectivity index (χ1) is 9.65. The highest BCUT2D eigenvalue weighted by molar-refractivity contribution is 5.89. The third kappa shape index (κ3) is 2.85. The van der Waals surface area contributed by atoms with Crippen molar-refractivity contribution in [3.8, 4) is 6.01 Å². The van der Waals surface area contributed by atoms with Gasteiger partial charge in [0.1, 0.15) is 6.26 Å². The number of rotatable bonds is 5. The maximum Gasteiger partial charge on any atom is 0.360 e. The molecule has 2 aromatic rings. The summed E-state index contributed by atoms with van der Waals surface area (Å²) < 4.78 is 16.0. The Bertz CT molecular complexity index is 562. The summed E-state index contributed by atoms with van der Waals surface area (Å²) in [5.41, 5.74) is 0.303. The Kier molecular flexibility index (Phi) is 4.14. The van der Waals surface area contributed by atoms with Gasteiger partial charge in [-0.3, -0.25) is 0 Å². The molecular weight excluding hydrogens is 266 g/mol. The van der Waals surface area contributed by atoms with Gasteiger partial charge in [-0.1, -0.05) is 0 Å². The molecule has 0 saturated heterocycles. The molecule has 0 fully saturated rings. The average Bonchev–Trinajstić information content (AvgIpc) is 3.08. The van der Waals surface area contributed by atoms with Crippen molar-refractivity contribution in [3.63, 3.8) is 0 Å². The number of hydrogen-bond acceptors (Lipinski definition) is 7. The van der Waals surface area contributed by atoms with Gasteiger partial charge in [0.05, 0.1) is 31.2 Å². The van der Waals surface area contributed by atoms with Crippen LogP contribution in [0.1, 0.15) is 34.7 Å². The van der Waals surface area contributed by atoms with Crippen LogP contribution in [0.25, 0.3) is 6.01 Å². The summed E-state index contributed by atoms with van der Waals surface area (Å²) in [4.78, 5) is 26.9. The highest BCUT2D eigenvalue weighted by Gasteiger charge is 2.16. The summed E-state index contributed by atoms with van der Waals surface area (Å²) >= 11 is 0. The zero-order chi connectivity index (χ0) is 14.5. The maximum absolute atomic E-state index is 11.5. The van der Waals surface area contributed by atoms with E-state index in [4.69, 9.17) is 13.9 Å². The monoisotopic (exact) mass is 279 g/mol. The van der Waals surface area contributed by atoms with E-state index < -0.39 is 11.9 Å². The van der Waals surface area contributed by atoms with Crippen LogP contribution < -0.4 is 0 Å². The second-order valence-corrected chi connectivity index (χ2v) is 3.63. The fourth-order valence-electron chi connectivity index (χ4n) is 1.42. The summed E-state index contributed by atoms with van der Waals surface area (Å²) in [6, 6.07) is 0.0589. The lowest BCUT2D eigenvalue weighted by Crippen LogP contribution is -2.05. The first-order valence-corrected chi connectivity index (χ1v) is 6.00. The topological polar surface area (TPSA) is 96.5 Å². The molecule has 20 heavy (non-hydrogen) atoms. The van der Waals surface area contributed by atoms with E-state index >= 15 is 0 Å². The van der Waals surface area contributed by atoms with E-state index in [9.17, 15) is 9.59 Å². The van der Waals surface area contributed by atoms with E-state index in [1.807, 2.05) is 0 Å². The van der Waals surface area contributed by atoms with Gasteiger partial charge in [-0.05, 0) is 13.8 Å². The van der Waals surface area contributed by atoms with Crippen molar-refractivity contribution in [2.24, 2.45) is 0 Å². The molecule has 0 saturated carbocycles. The van der Waals surface area contributed by atoms with Crippen LogP contribution in [-0.4, -0.2) is 39.9 Å². The van der Waals surface area contributed by atoms with Gasteiger partial charge in [0.15, 0.2) is 5.69 Å². The number of hydrogen-bond donors (Lipinski definition) is 0. The molecule has 0 aliphatic rings. The van der Waals surface area contributed by atoms with Crippen LogP contribution in [0.15, 0.2) is 23.1 Å². The second kappa shape index (κ2) is 6.00. The zero-order valence-electron chi connectivity index (χ0n) is 11.0. The van der Waals surface area contributed by atoms with Gasteiger partial charge in [0.2, 0.25) is 0 Å². The molecular formula is C12H13N3O5. The molecule has 0 atom stereocenters. The molecule has 0 spiro atoms. The lowest BCUT2D eigenvalue weighted by atomic mass is 10.4. The number of oxazole rings is 1. The van der Waals surface area contributed by atoms with Gasteiger partial charge < -0.3 is 13.9 Å². The van der Waals surface area contributed by atoms with Gasteiger partial charge in [-0.15, -0.1) is 0 Å². The van der Waals surface area contributed by atoms with E-state index in [1.54, 1.807) is 13.8 Å². The van der Waals surface area contributed by atoms with E-state index in [-0.39, 0.29) is 30.5 Å². The third-order valence-corrected chi connectivity index (χ3v) is 2.27. The molecule has 8 nitrogen and oxygen atoms in total. The molecule has 2 aromatic heterocycles. The molecule has 0 aliphatic heterocycles. The highest BCUT2D eigenvalue weighted by atomic mass is 16.5. The highest BCUT2D eigenvalue weighted by Crippen LogP contribution is 2.10.